The van der Waals surface area contributed by atoms with E-state index < -0.39 is 6.10 Å². The Morgan fingerprint density at radius 3 is 2.63 bits per heavy atom. The first-order chi connectivity index (χ1) is 9.03. The van der Waals surface area contributed by atoms with Gasteiger partial charge in [-0.15, -0.1) is 0 Å². The minimum absolute atomic E-state index is 0.0724. The molecule has 0 fully saturated rings. The predicted molar refractivity (Wildman–Crippen MR) is 76.9 cm³/mol. The normalized spacial score (nSPS) is 11.5. The van der Waals surface area contributed by atoms with Crippen LogP contribution in [0, 0.1) is 11.3 Å². The summed E-state index contributed by atoms with van der Waals surface area (Å²) < 4.78 is 6.41. The molecule has 4 nitrogen and oxygen atoms in total. The molecule has 5 heteroatoms. The number of halogens is 1. The van der Waals surface area contributed by atoms with Gasteiger partial charge in [-0.05, 0) is 39.0 Å². The maximum absolute atomic E-state index is 12.1. The largest absolute Gasteiger partial charge is 0.480 e. The summed E-state index contributed by atoms with van der Waals surface area (Å²) in [5, 5.41) is 9.05. The number of nitrogens with zero attached hydrogens (tertiary/aromatic N) is 2. The number of hydrogen-bond acceptors (Lipinski definition) is 3. The molecule has 0 aromatic heterocycles. The van der Waals surface area contributed by atoms with Crippen LogP contribution in [-0.4, -0.2) is 30.0 Å². The first-order valence-electron chi connectivity index (χ1n) is 6.18. The number of hydrogen-bond donors (Lipinski definition) is 0. The molecular formula is C14H17BrN2O2. The maximum Gasteiger partial charge on any atom is 0.263 e. The second-order valence-electron chi connectivity index (χ2n) is 4.02. The van der Waals surface area contributed by atoms with Crippen LogP contribution < -0.4 is 4.74 Å². The molecule has 0 radical (unpaired) electrons. The number of benzene rings is 1. The summed E-state index contributed by atoms with van der Waals surface area (Å²) in [5.74, 6) is 0.357. The zero-order valence-electron chi connectivity index (χ0n) is 11.3. The molecule has 0 saturated carbocycles. The third-order valence-corrected chi connectivity index (χ3v) is 3.28. The fourth-order valence-corrected chi connectivity index (χ4v) is 2.09. The van der Waals surface area contributed by atoms with E-state index in [0.717, 1.165) is 4.47 Å². The monoisotopic (exact) mass is 324 g/mol. The molecule has 0 saturated heterocycles. The maximum atomic E-state index is 12.1. The molecule has 0 aliphatic rings. The summed E-state index contributed by atoms with van der Waals surface area (Å²) >= 11 is 3.30. The fourth-order valence-electron chi connectivity index (χ4n) is 1.73. The van der Waals surface area contributed by atoms with Crippen molar-refractivity contribution in [3.05, 3.63) is 28.2 Å². The molecule has 1 aromatic carbocycles. The van der Waals surface area contributed by atoms with Crippen molar-refractivity contribution < 1.29 is 9.53 Å². The van der Waals surface area contributed by atoms with E-state index in [1.54, 1.807) is 30.0 Å². The van der Waals surface area contributed by atoms with Crippen molar-refractivity contribution in [1.82, 2.24) is 4.90 Å². The number of amides is 1. The summed E-state index contributed by atoms with van der Waals surface area (Å²) in [6.45, 7) is 6.84. The Balaban J connectivity index is 2.85. The van der Waals surface area contributed by atoms with Crippen LogP contribution in [-0.2, 0) is 4.79 Å². The molecule has 102 valence electrons. The summed E-state index contributed by atoms with van der Waals surface area (Å²) in [7, 11) is 0. The van der Waals surface area contributed by atoms with E-state index in [1.165, 1.54) is 0 Å². The second kappa shape index (κ2) is 7.15. The van der Waals surface area contributed by atoms with Crippen molar-refractivity contribution in [3.8, 4) is 11.8 Å². The Hall–Kier alpha value is -1.54. The van der Waals surface area contributed by atoms with Crippen LogP contribution >= 0.6 is 15.9 Å². The van der Waals surface area contributed by atoms with Gasteiger partial charge in [-0.3, -0.25) is 4.79 Å². The van der Waals surface area contributed by atoms with Gasteiger partial charge in [0, 0.05) is 17.6 Å². The Morgan fingerprint density at radius 1 is 1.47 bits per heavy atom. The molecule has 0 bridgehead atoms. The summed E-state index contributed by atoms with van der Waals surface area (Å²) in [5.41, 5.74) is 0.411. The molecule has 1 amide bonds. The fraction of sp³-hybridized carbons (Fsp3) is 0.429. The van der Waals surface area contributed by atoms with Crippen molar-refractivity contribution in [3.63, 3.8) is 0 Å². The van der Waals surface area contributed by atoms with Gasteiger partial charge in [-0.2, -0.15) is 5.26 Å². The van der Waals surface area contributed by atoms with Gasteiger partial charge in [-0.25, -0.2) is 0 Å². The Kier molecular flexibility index (Phi) is 5.84. The highest BCUT2D eigenvalue weighted by molar-refractivity contribution is 9.10. The topological polar surface area (TPSA) is 53.3 Å². The molecule has 19 heavy (non-hydrogen) atoms. The van der Waals surface area contributed by atoms with Gasteiger partial charge in [0.15, 0.2) is 6.10 Å². The van der Waals surface area contributed by atoms with Crippen LogP contribution in [0.15, 0.2) is 22.7 Å². The summed E-state index contributed by atoms with van der Waals surface area (Å²) in [6, 6.07) is 7.20. The molecule has 0 heterocycles. The highest BCUT2D eigenvalue weighted by Gasteiger charge is 2.20. The van der Waals surface area contributed by atoms with Gasteiger partial charge in [0.05, 0.1) is 5.56 Å². The van der Waals surface area contributed by atoms with Crippen molar-refractivity contribution in [2.24, 2.45) is 0 Å². The molecule has 1 atom stereocenters. The average molecular weight is 325 g/mol. The van der Waals surface area contributed by atoms with E-state index in [2.05, 4.69) is 22.0 Å². The van der Waals surface area contributed by atoms with Crippen LogP contribution in [0.4, 0.5) is 0 Å². The van der Waals surface area contributed by atoms with Gasteiger partial charge in [0.25, 0.3) is 5.91 Å². The van der Waals surface area contributed by atoms with Crippen molar-refractivity contribution >= 4 is 21.8 Å². The van der Waals surface area contributed by atoms with Crippen molar-refractivity contribution in [2.75, 3.05) is 13.1 Å². The average Bonchev–Trinajstić information content (AvgIpc) is 2.41. The number of carbonyl (C=O) groups is 1. The predicted octanol–water partition coefficient (Wildman–Crippen LogP) is 2.96. The first-order valence-corrected chi connectivity index (χ1v) is 6.97. The van der Waals surface area contributed by atoms with Gasteiger partial charge in [-0.1, -0.05) is 15.9 Å². The number of likely N-dealkylation sites (N-methyl/N-ethyl adjacent to an activating group) is 1. The van der Waals surface area contributed by atoms with E-state index in [0.29, 0.717) is 24.4 Å². The van der Waals surface area contributed by atoms with E-state index in [-0.39, 0.29) is 5.91 Å². The number of carbonyl (C=O) groups excluding carboxylic acids is 1. The Bertz CT molecular complexity index is 493. The quantitative estimate of drug-likeness (QED) is 0.836. The molecule has 1 rings (SSSR count). The minimum Gasteiger partial charge on any atom is -0.480 e. The van der Waals surface area contributed by atoms with Crippen LogP contribution in [0.3, 0.4) is 0 Å². The van der Waals surface area contributed by atoms with E-state index in [4.69, 9.17) is 10.00 Å². The standard InChI is InChI=1S/C14H17BrN2O2/c1-4-17(5-2)14(18)10(3)19-13-7-6-12(15)8-11(13)9-16/h6-8,10H,4-5H2,1-3H3. The molecule has 0 aliphatic heterocycles. The lowest BCUT2D eigenvalue weighted by Gasteiger charge is -2.23. The number of rotatable bonds is 5. The van der Waals surface area contributed by atoms with E-state index in [1.807, 2.05) is 13.8 Å². The smallest absolute Gasteiger partial charge is 0.263 e. The Labute approximate surface area is 122 Å². The van der Waals surface area contributed by atoms with Gasteiger partial charge < -0.3 is 9.64 Å². The highest BCUT2D eigenvalue weighted by atomic mass is 79.9. The lowest BCUT2D eigenvalue weighted by molar-refractivity contribution is -0.137. The SMILES string of the molecule is CCN(CC)C(=O)C(C)Oc1ccc(Br)cc1C#N. The molecule has 1 aromatic rings. The zero-order chi connectivity index (χ0) is 14.4. The van der Waals surface area contributed by atoms with Gasteiger partial charge in [0.2, 0.25) is 0 Å². The van der Waals surface area contributed by atoms with Gasteiger partial charge >= 0.3 is 0 Å². The molecular weight excluding hydrogens is 308 g/mol. The molecule has 0 N–H and O–H groups in total. The van der Waals surface area contributed by atoms with E-state index in [9.17, 15) is 4.79 Å². The highest BCUT2D eigenvalue weighted by Crippen LogP contribution is 2.23. The summed E-state index contributed by atoms with van der Waals surface area (Å²) in [4.78, 5) is 13.8. The lowest BCUT2D eigenvalue weighted by atomic mass is 10.2. The third kappa shape index (κ3) is 3.97. The summed E-state index contributed by atoms with van der Waals surface area (Å²) in [6.07, 6.45) is -0.604. The van der Waals surface area contributed by atoms with Crippen LogP contribution in [0.2, 0.25) is 0 Å². The van der Waals surface area contributed by atoms with Crippen LogP contribution in [0.1, 0.15) is 26.3 Å². The first kappa shape index (κ1) is 15.5. The lowest BCUT2D eigenvalue weighted by Crippen LogP contribution is -2.40. The Morgan fingerprint density at radius 2 is 2.11 bits per heavy atom. The zero-order valence-corrected chi connectivity index (χ0v) is 12.9. The van der Waals surface area contributed by atoms with Crippen molar-refractivity contribution in [1.29, 1.82) is 5.26 Å². The van der Waals surface area contributed by atoms with E-state index >= 15 is 0 Å². The molecule has 1 unspecified atom stereocenters. The molecule has 0 spiro atoms. The second-order valence-corrected chi connectivity index (χ2v) is 4.94. The molecule has 0 aliphatic carbocycles. The van der Waals surface area contributed by atoms with Gasteiger partial charge in [0.1, 0.15) is 11.8 Å². The number of nitriles is 1. The third-order valence-electron chi connectivity index (χ3n) is 2.79. The van der Waals surface area contributed by atoms with Crippen LogP contribution in [0.5, 0.6) is 5.75 Å². The number of ether oxygens (including phenoxy) is 1. The van der Waals surface area contributed by atoms with Crippen LogP contribution in [0.25, 0.3) is 0 Å². The van der Waals surface area contributed by atoms with Crippen molar-refractivity contribution in [2.45, 2.75) is 26.9 Å². The minimum atomic E-state index is -0.604.